The first kappa shape index (κ1) is 20.6. The lowest BCUT2D eigenvalue weighted by Crippen LogP contribution is -2.41. The van der Waals surface area contributed by atoms with Gasteiger partial charge in [-0.05, 0) is 37.7 Å². The fourth-order valence-electron chi connectivity index (χ4n) is 2.41. The van der Waals surface area contributed by atoms with Crippen LogP contribution in [0, 0.1) is 0 Å². The van der Waals surface area contributed by atoms with E-state index < -0.39 is 0 Å². The molecule has 0 aromatic carbocycles. The standard InChI is InChI=1S/C16H27N3O2S.HI/c1-16(7-4-12-22-16)13-19-15(18-9-11-20-2)17-8-6-14-5-3-10-21-14;/h3,5,10H,4,6-9,11-13H2,1-2H3,(H2,17,18,19);1H. The molecule has 5 nitrogen and oxygen atoms in total. The van der Waals surface area contributed by atoms with Gasteiger partial charge in [0.25, 0.3) is 0 Å². The Hall–Kier alpha value is -0.410. The number of methoxy groups -OCH3 is 1. The average Bonchev–Trinajstić information content (AvgIpc) is 3.17. The van der Waals surface area contributed by atoms with Crippen molar-refractivity contribution in [1.82, 2.24) is 10.6 Å². The molecule has 132 valence electrons. The van der Waals surface area contributed by atoms with Gasteiger partial charge in [0, 0.05) is 31.4 Å². The van der Waals surface area contributed by atoms with Crippen molar-refractivity contribution in [1.29, 1.82) is 0 Å². The highest BCUT2D eigenvalue weighted by Gasteiger charge is 2.29. The van der Waals surface area contributed by atoms with Crippen molar-refractivity contribution in [3.8, 4) is 0 Å². The Morgan fingerprint density at radius 3 is 2.91 bits per heavy atom. The van der Waals surface area contributed by atoms with Crippen LogP contribution in [0.2, 0.25) is 0 Å². The van der Waals surface area contributed by atoms with Crippen LogP contribution in [0.25, 0.3) is 0 Å². The monoisotopic (exact) mass is 453 g/mol. The van der Waals surface area contributed by atoms with Crippen molar-refractivity contribution >= 4 is 41.7 Å². The van der Waals surface area contributed by atoms with Gasteiger partial charge in [-0.1, -0.05) is 0 Å². The first-order chi connectivity index (χ1) is 10.7. The van der Waals surface area contributed by atoms with Crippen LogP contribution >= 0.6 is 35.7 Å². The van der Waals surface area contributed by atoms with E-state index in [0.717, 1.165) is 37.8 Å². The highest BCUT2D eigenvalue weighted by molar-refractivity contribution is 14.0. The fourth-order valence-corrected chi connectivity index (χ4v) is 3.64. The Balaban J connectivity index is 0.00000264. The lowest BCUT2D eigenvalue weighted by Gasteiger charge is -2.21. The number of thioether (sulfide) groups is 1. The molecule has 2 heterocycles. The van der Waals surface area contributed by atoms with Crippen LogP contribution in [0.5, 0.6) is 0 Å². The molecular weight excluding hydrogens is 425 g/mol. The van der Waals surface area contributed by atoms with Gasteiger partial charge in [0.05, 0.1) is 19.4 Å². The summed E-state index contributed by atoms with van der Waals surface area (Å²) in [5, 5.41) is 6.69. The highest BCUT2D eigenvalue weighted by Crippen LogP contribution is 2.37. The van der Waals surface area contributed by atoms with Crippen LogP contribution in [0.3, 0.4) is 0 Å². The Morgan fingerprint density at radius 1 is 1.43 bits per heavy atom. The Kier molecular flexibility index (Phi) is 10.0. The van der Waals surface area contributed by atoms with E-state index in [-0.39, 0.29) is 28.7 Å². The van der Waals surface area contributed by atoms with Crippen molar-refractivity contribution in [2.45, 2.75) is 30.9 Å². The number of ether oxygens (including phenoxy) is 1. The second-order valence-electron chi connectivity index (χ2n) is 5.74. The zero-order valence-electron chi connectivity index (χ0n) is 14.0. The average molecular weight is 453 g/mol. The SMILES string of the molecule is COCCNC(=NCC1(C)CCCS1)NCCc1ccco1.I. The third kappa shape index (κ3) is 7.80. The van der Waals surface area contributed by atoms with Crippen molar-refractivity contribution in [2.75, 3.05) is 39.1 Å². The van der Waals surface area contributed by atoms with Crippen molar-refractivity contribution in [3.63, 3.8) is 0 Å². The van der Waals surface area contributed by atoms with Crippen LogP contribution in [0.4, 0.5) is 0 Å². The van der Waals surface area contributed by atoms with Crippen LogP contribution < -0.4 is 10.6 Å². The van der Waals surface area contributed by atoms with E-state index in [1.807, 2.05) is 23.9 Å². The molecule has 0 amide bonds. The molecule has 1 aromatic rings. The topological polar surface area (TPSA) is 58.8 Å². The molecule has 1 fully saturated rings. The van der Waals surface area contributed by atoms with E-state index in [9.17, 15) is 0 Å². The number of hydrogen-bond donors (Lipinski definition) is 2. The summed E-state index contributed by atoms with van der Waals surface area (Å²) in [6, 6.07) is 3.91. The number of rotatable bonds is 8. The van der Waals surface area contributed by atoms with Gasteiger partial charge in [0.2, 0.25) is 0 Å². The summed E-state index contributed by atoms with van der Waals surface area (Å²) in [6.07, 6.45) is 5.11. The van der Waals surface area contributed by atoms with Gasteiger partial charge in [-0.3, -0.25) is 4.99 Å². The molecule has 0 spiro atoms. The van der Waals surface area contributed by atoms with E-state index >= 15 is 0 Å². The Bertz CT molecular complexity index is 448. The molecule has 0 radical (unpaired) electrons. The van der Waals surface area contributed by atoms with Gasteiger partial charge < -0.3 is 19.8 Å². The van der Waals surface area contributed by atoms with E-state index in [4.69, 9.17) is 14.1 Å². The zero-order valence-corrected chi connectivity index (χ0v) is 17.1. The molecule has 0 saturated carbocycles. The first-order valence-corrected chi connectivity index (χ1v) is 8.88. The number of hydrogen-bond acceptors (Lipinski definition) is 4. The molecule has 1 unspecified atom stereocenters. The van der Waals surface area contributed by atoms with Gasteiger partial charge in [0.15, 0.2) is 5.96 Å². The van der Waals surface area contributed by atoms with E-state index in [2.05, 4.69) is 17.6 Å². The molecule has 1 aromatic heterocycles. The molecule has 1 aliphatic rings. The maximum Gasteiger partial charge on any atom is 0.191 e. The summed E-state index contributed by atoms with van der Waals surface area (Å²) < 4.78 is 10.7. The third-order valence-corrected chi connectivity index (χ3v) is 5.24. The molecule has 0 aliphatic carbocycles. The number of furan rings is 1. The number of halogens is 1. The number of nitrogens with one attached hydrogen (secondary N) is 2. The second-order valence-corrected chi connectivity index (χ2v) is 7.42. The maximum absolute atomic E-state index is 5.35. The van der Waals surface area contributed by atoms with Crippen LogP contribution in [-0.4, -0.2) is 49.8 Å². The van der Waals surface area contributed by atoms with Crippen molar-refractivity contribution in [2.24, 2.45) is 4.99 Å². The minimum atomic E-state index is 0. The summed E-state index contributed by atoms with van der Waals surface area (Å²) in [7, 11) is 1.71. The summed E-state index contributed by atoms with van der Waals surface area (Å²) in [5.41, 5.74) is 0. The predicted octanol–water partition coefficient (Wildman–Crippen LogP) is 2.91. The fraction of sp³-hybridized carbons (Fsp3) is 0.688. The molecule has 0 bridgehead atoms. The quantitative estimate of drug-likeness (QED) is 0.275. The lowest BCUT2D eigenvalue weighted by atomic mass is 10.1. The second kappa shape index (κ2) is 11.2. The molecule has 2 rings (SSSR count). The molecule has 2 N–H and O–H groups in total. The third-order valence-electron chi connectivity index (χ3n) is 3.71. The summed E-state index contributed by atoms with van der Waals surface area (Å²) in [5.74, 6) is 3.10. The minimum absolute atomic E-state index is 0. The van der Waals surface area contributed by atoms with Gasteiger partial charge in [0.1, 0.15) is 5.76 Å². The number of aliphatic imine (C=N–C) groups is 1. The van der Waals surface area contributed by atoms with Crippen LogP contribution in [-0.2, 0) is 11.2 Å². The summed E-state index contributed by atoms with van der Waals surface area (Å²) in [6.45, 7) is 5.39. The number of guanidine groups is 1. The van der Waals surface area contributed by atoms with E-state index in [0.29, 0.717) is 6.61 Å². The Morgan fingerprint density at radius 2 is 2.26 bits per heavy atom. The lowest BCUT2D eigenvalue weighted by molar-refractivity contribution is 0.203. The van der Waals surface area contributed by atoms with E-state index in [1.54, 1.807) is 13.4 Å². The zero-order chi connectivity index (χ0) is 15.7. The van der Waals surface area contributed by atoms with Crippen LogP contribution in [0.1, 0.15) is 25.5 Å². The normalized spacial score (nSPS) is 21.0. The molecule has 7 heteroatoms. The van der Waals surface area contributed by atoms with Gasteiger partial charge >= 0.3 is 0 Å². The summed E-state index contributed by atoms with van der Waals surface area (Å²) in [4.78, 5) is 4.76. The van der Waals surface area contributed by atoms with Crippen molar-refractivity contribution in [3.05, 3.63) is 24.2 Å². The summed E-state index contributed by atoms with van der Waals surface area (Å²) >= 11 is 2.03. The molecular formula is C16H28IN3O2S. The van der Waals surface area contributed by atoms with Gasteiger partial charge in [-0.25, -0.2) is 0 Å². The van der Waals surface area contributed by atoms with Gasteiger partial charge in [-0.15, -0.1) is 24.0 Å². The molecule has 23 heavy (non-hydrogen) atoms. The van der Waals surface area contributed by atoms with E-state index in [1.165, 1.54) is 18.6 Å². The van der Waals surface area contributed by atoms with Crippen molar-refractivity contribution < 1.29 is 9.15 Å². The maximum atomic E-state index is 5.35. The minimum Gasteiger partial charge on any atom is -0.469 e. The molecule has 1 saturated heterocycles. The molecule has 1 atom stereocenters. The smallest absolute Gasteiger partial charge is 0.191 e. The Labute approximate surface area is 160 Å². The van der Waals surface area contributed by atoms with Gasteiger partial charge in [-0.2, -0.15) is 11.8 Å². The van der Waals surface area contributed by atoms with Crippen LogP contribution in [0.15, 0.2) is 27.8 Å². The largest absolute Gasteiger partial charge is 0.469 e. The highest BCUT2D eigenvalue weighted by atomic mass is 127. The first-order valence-electron chi connectivity index (χ1n) is 7.89. The number of nitrogens with zero attached hydrogens (tertiary/aromatic N) is 1. The predicted molar refractivity (Wildman–Crippen MR) is 108 cm³/mol. The molecule has 1 aliphatic heterocycles.